The third-order valence-electron chi connectivity index (χ3n) is 0.206. The lowest BCUT2D eigenvalue weighted by molar-refractivity contribution is 0.239. The first-order chi connectivity index (χ1) is 2.41. The number of nitrogens with one attached hydrogen (secondary N) is 1. The predicted molar refractivity (Wildman–Crippen MR) is 19.8 cm³/mol. The molecule has 0 aliphatic rings. The lowest BCUT2D eigenvalue weighted by Gasteiger charge is -1.79. The summed E-state index contributed by atoms with van der Waals surface area (Å²) in [6, 6.07) is 0. The van der Waals surface area contributed by atoms with Gasteiger partial charge in [0.2, 0.25) is 0 Å². The van der Waals surface area contributed by atoms with Crippen molar-refractivity contribution in [2.24, 2.45) is 0 Å². The number of halogens is 1. The van der Waals surface area contributed by atoms with Crippen LogP contribution in [0.15, 0.2) is 0 Å². The summed E-state index contributed by atoms with van der Waals surface area (Å²) in [5.41, 5.74) is 1.27. The molecule has 0 saturated heterocycles. The summed E-state index contributed by atoms with van der Waals surface area (Å²) >= 11 is 0. The van der Waals surface area contributed by atoms with Crippen molar-refractivity contribution in [2.75, 3.05) is 13.2 Å². The van der Waals surface area contributed by atoms with E-state index in [-0.39, 0.29) is 18.6 Å². The molecule has 0 amide bonds. The van der Waals surface area contributed by atoms with Gasteiger partial charge in [0.05, 0.1) is 6.61 Å². The van der Waals surface area contributed by atoms with Gasteiger partial charge in [-0.1, -0.05) is 0 Å². The third-order valence-corrected chi connectivity index (χ3v) is 0.206. The second-order valence-electron chi connectivity index (χ2n) is 0.607. The van der Waals surface area contributed by atoms with Gasteiger partial charge in [-0.3, -0.25) is 0 Å². The highest BCUT2D eigenvalue weighted by molar-refractivity contribution is 4.21. The van der Waals surface area contributed by atoms with Crippen molar-refractivity contribution in [3.8, 4) is 0 Å². The molecule has 0 aromatic rings. The van der Waals surface area contributed by atoms with Crippen LogP contribution in [0.25, 0.3) is 0 Å². The maximum absolute atomic E-state index is 10.6. The Hall–Kier alpha value is -0.190. The van der Waals surface area contributed by atoms with Gasteiger partial charge in [-0.25, -0.2) is 0 Å². The van der Waals surface area contributed by atoms with E-state index < -0.39 is 0 Å². The van der Waals surface area contributed by atoms with Crippen LogP contribution in [0.2, 0.25) is 0 Å². The Labute approximate surface area is 35.0 Å². The van der Waals surface area contributed by atoms with Crippen molar-refractivity contribution < 1.29 is 15.1 Å². The molecule has 0 aliphatic carbocycles. The molecule has 4 N–H and O–H groups in total. The van der Waals surface area contributed by atoms with Gasteiger partial charge in [0.15, 0.2) is 0 Å². The van der Waals surface area contributed by atoms with E-state index in [1.807, 2.05) is 0 Å². The first kappa shape index (κ1) is 9.26. The molecule has 0 saturated carbocycles. The van der Waals surface area contributed by atoms with E-state index in [9.17, 15) is 4.48 Å². The average molecular weight is 97.1 g/mol. The van der Waals surface area contributed by atoms with Gasteiger partial charge in [-0.2, -0.15) is 5.54 Å². The Morgan fingerprint density at radius 2 is 2.17 bits per heavy atom. The van der Waals surface area contributed by atoms with Crippen LogP contribution in [0.5, 0.6) is 0 Å². The SMILES string of the molecule is O.OCCNF. The molecule has 4 heteroatoms. The molecule has 0 unspecified atom stereocenters. The van der Waals surface area contributed by atoms with Crippen molar-refractivity contribution >= 4 is 0 Å². The van der Waals surface area contributed by atoms with Crippen molar-refractivity contribution in [3.05, 3.63) is 0 Å². The van der Waals surface area contributed by atoms with Gasteiger partial charge in [0.25, 0.3) is 0 Å². The van der Waals surface area contributed by atoms with E-state index in [0.29, 0.717) is 0 Å². The van der Waals surface area contributed by atoms with Crippen LogP contribution in [-0.4, -0.2) is 23.7 Å². The van der Waals surface area contributed by atoms with E-state index in [4.69, 9.17) is 5.11 Å². The molecule has 6 heavy (non-hydrogen) atoms. The van der Waals surface area contributed by atoms with Crippen LogP contribution in [0.3, 0.4) is 0 Å². The first-order valence-corrected chi connectivity index (χ1v) is 1.36. The van der Waals surface area contributed by atoms with Crippen molar-refractivity contribution in [1.82, 2.24) is 5.54 Å². The van der Waals surface area contributed by atoms with Gasteiger partial charge >= 0.3 is 0 Å². The molecule has 0 radical (unpaired) electrons. The molecule has 3 nitrogen and oxygen atoms in total. The molecule has 0 spiro atoms. The summed E-state index contributed by atoms with van der Waals surface area (Å²) in [7, 11) is 0. The minimum absolute atomic E-state index is 0. The maximum Gasteiger partial charge on any atom is 0.0582 e. The van der Waals surface area contributed by atoms with Gasteiger partial charge in [-0.15, -0.1) is 4.48 Å². The number of aliphatic hydroxyl groups is 1. The Bertz CT molecular complexity index is 19.0. The number of hydrogen-bond donors (Lipinski definition) is 2. The molecular weight excluding hydrogens is 89.0 g/mol. The largest absolute Gasteiger partial charge is 0.412 e. The van der Waals surface area contributed by atoms with Gasteiger partial charge in [0, 0.05) is 6.54 Å². The van der Waals surface area contributed by atoms with E-state index >= 15 is 0 Å². The molecule has 0 rings (SSSR count). The predicted octanol–water partition coefficient (Wildman–Crippen LogP) is -1.37. The number of hydrogen-bond acceptors (Lipinski definition) is 2. The molecule has 0 atom stereocenters. The lowest BCUT2D eigenvalue weighted by atomic mass is 10.8. The molecule has 0 aliphatic heterocycles. The van der Waals surface area contributed by atoms with E-state index in [2.05, 4.69) is 0 Å². The van der Waals surface area contributed by atoms with Gasteiger partial charge < -0.3 is 10.6 Å². The molecular formula is C2H8FNO2. The molecule has 0 heterocycles. The standard InChI is InChI=1S/C2H6FNO.H2O/c3-4-1-2-5;/h4-5H,1-2H2;1H2. The van der Waals surface area contributed by atoms with Crippen LogP contribution in [-0.2, 0) is 0 Å². The fraction of sp³-hybridized carbons (Fsp3) is 1.00. The van der Waals surface area contributed by atoms with E-state index in [0.717, 1.165) is 0 Å². The summed E-state index contributed by atoms with van der Waals surface area (Å²) in [4.78, 5) is 0. The van der Waals surface area contributed by atoms with Crippen LogP contribution >= 0.6 is 0 Å². The summed E-state index contributed by atoms with van der Waals surface area (Å²) in [6.45, 7) is -0.115. The highest BCUT2D eigenvalue weighted by Crippen LogP contribution is 1.49. The van der Waals surface area contributed by atoms with Crippen LogP contribution in [0, 0.1) is 0 Å². The quantitative estimate of drug-likeness (QED) is 0.417. The topological polar surface area (TPSA) is 63.8 Å². The smallest absolute Gasteiger partial charge is 0.0582 e. The van der Waals surface area contributed by atoms with Crippen molar-refractivity contribution in [1.29, 1.82) is 0 Å². The zero-order valence-electron chi connectivity index (χ0n) is 3.24. The Balaban J connectivity index is 0. The third kappa shape index (κ3) is 9.18. The van der Waals surface area contributed by atoms with E-state index in [1.165, 1.54) is 5.54 Å². The number of aliphatic hydroxyl groups excluding tert-OH is 1. The summed E-state index contributed by atoms with van der Waals surface area (Å²) in [5, 5.41) is 7.76. The Morgan fingerprint density at radius 1 is 1.67 bits per heavy atom. The zero-order chi connectivity index (χ0) is 4.12. The van der Waals surface area contributed by atoms with Gasteiger partial charge in [0.1, 0.15) is 0 Å². The van der Waals surface area contributed by atoms with Crippen LogP contribution in [0.4, 0.5) is 4.48 Å². The minimum atomic E-state index is -0.142. The summed E-state index contributed by atoms with van der Waals surface area (Å²) < 4.78 is 10.6. The van der Waals surface area contributed by atoms with Crippen LogP contribution < -0.4 is 5.54 Å². The molecule has 0 aromatic heterocycles. The second kappa shape index (κ2) is 8.84. The first-order valence-electron chi connectivity index (χ1n) is 1.36. The Morgan fingerprint density at radius 3 is 2.17 bits per heavy atom. The normalized spacial score (nSPS) is 7.00. The van der Waals surface area contributed by atoms with Crippen LogP contribution in [0.1, 0.15) is 0 Å². The molecule has 0 bridgehead atoms. The minimum Gasteiger partial charge on any atom is -0.412 e. The maximum atomic E-state index is 10.6. The Kier molecular flexibility index (Phi) is 13.6. The molecule has 0 aromatic carbocycles. The monoisotopic (exact) mass is 97.1 g/mol. The summed E-state index contributed by atoms with van der Waals surface area (Å²) in [6.07, 6.45) is 0. The van der Waals surface area contributed by atoms with Crippen molar-refractivity contribution in [3.63, 3.8) is 0 Å². The fourth-order valence-corrected chi connectivity index (χ4v) is 0.0423. The van der Waals surface area contributed by atoms with E-state index in [1.54, 1.807) is 0 Å². The van der Waals surface area contributed by atoms with Crippen molar-refractivity contribution in [2.45, 2.75) is 0 Å². The highest BCUT2D eigenvalue weighted by atomic mass is 19.2. The number of rotatable bonds is 2. The fourth-order valence-electron chi connectivity index (χ4n) is 0.0423. The zero-order valence-corrected chi connectivity index (χ0v) is 3.24. The lowest BCUT2D eigenvalue weighted by Crippen LogP contribution is -2.05. The highest BCUT2D eigenvalue weighted by Gasteiger charge is 1.69. The van der Waals surface area contributed by atoms with Gasteiger partial charge in [-0.05, 0) is 0 Å². The average Bonchev–Trinajstić information content (AvgIpc) is 1.41. The molecule has 0 fully saturated rings. The summed E-state index contributed by atoms with van der Waals surface area (Å²) in [5.74, 6) is 0. The molecule has 40 valence electrons. The second-order valence-corrected chi connectivity index (χ2v) is 0.607.